The Kier molecular flexibility index (Phi) is 4.03. The molecule has 0 saturated heterocycles. The molecular weight excluding hydrogens is 326 g/mol. The van der Waals surface area contributed by atoms with E-state index in [0.717, 1.165) is 5.56 Å². The van der Waals surface area contributed by atoms with Crippen molar-refractivity contribution in [1.82, 2.24) is 9.97 Å². The van der Waals surface area contributed by atoms with Gasteiger partial charge in [-0.2, -0.15) is 4.98 Å². The van der Waals surface area contributed by atoms with E-state index in [1.807, 2.05) is 0 Å². The molecule has 0 saturated carbocycles. The van der Waals surface area contributed by atoms with Gasteiger partial charge in [0.15, 0.2) is 15.7 Å². The summed E-state index contributed by atoms with van der Waals surface area (Å²) in [4.78, 5) is 8.21. The molecule has 116 valence electrons. The molecule has 8 heteroatoms. The van der Waals surface area contributed by atoms with Gasteiger partial charge >= 0.3 is 0 Å². The monoisotopic (exact) mass is 339 g/mol. The van der Waals surface area contributed by atoms with E-state index in [2.05, 4.69) is 15.3 Å². The van der Waals surface area contributed by atoms with Gasteiger partial charge in [-0.3, -0.25) is 0 Å². The van der Waals surface area contributed by atoms with Crippen molar-refractivity contribution in [1.29, 1.82) is 0 Å². The third kappa shape index (κ3) is 2.92. The summed E-state index contributed by atoms with van der Waals surface area (Å²) in [5.41, 5.74) is 1.89. The maximum atomic E-state index is 12.3. The number of hydrogen-bond donors (Lipinski definition) is 2. The number of halogens is 1. The second-order valence-corrected chi connectivity index (χ2v) is 7.40. The zero-order chi connectivity index (χ0) is 15.7. The number of hydrogen-bond acceptors (Lipinski definition) is 6. The fourth-order valence-electron chi connectivity index (χ4n) is 2.41. The number of aliphatic hydroxyl groups is 1. The minimum absolute atomic E-state index is 0.0188. The van der Waals surface area contributed by atoms with Crippen LogP contribution < -0.4 is 5.32 Å². The van der Waals surface area contributed by atoms with Crippen LogP contribution in [-0.2, 0) is 22.9 Å². The number of aliphatic hydroxyl groups excluding tert-OH is 1. The van der Waals surface area contributed by atoms with Gasteiger partial charge in [-0.25, -0.2) is 13.4 Å². The van der Waals surface area contributed by atoms with Crippen LogP contribution in [0.2, 0.25) is 5.28 Å². The van der Waals surface area contributed by atoms with E-state index in [9.17, 15) is 8.42 Å². The number of nitrogens with one attached hydrogen (secondary N) is 1. The van der Waals surface area contributed by atoms with Gasteiger partial charge in [0.2, 0.25) is 5.28 Å². The molecule has 0 aliphatic carbocycles. The van der Waals surface area contributed by atoms with Gasteiger partial charge in [0.05, 0.1) is 18.1 Å². The molecule has 1 aliphatic heterocycles. The van der Waals surface area contributed by atoms with Gasteiger partial charge in [-0.15, -0.1) is 0 Å². The zero-order valence-corrected chi connectivity index (χ0v) is 13.2. The van der Waals surface area contributed by atoms with Crippen LogP contribution in [-0.4, -0.2) is 29.2 Å². The Morgan fingerprint density at radius 3 is 2.64 bits per heavy atom. The first-order valence-corrected chi connectivity index (χ1v) is 8.78. The molecule has 2 N–H and O–H groups in total. The number of rotatable bonds is 3. The lowest BCUT2D eigenvalue weighted by atomic mass is 10.2. The number of aryl methyl sites for hydroxylation is 1. The van der Waals surface area contributed by atoms with Crippen molar-refractivity contribution in [3.05, 3.63) is 40.8 Å². The van der Waals surface area contributed by atoms with E-state index in [4.69, 9.17) is 16.7 Å². The predicted octanol–water partition coefficient (Wildman–Crippen LogP) is 2.09. The average molecular weight is 340 g/mol. The second kappa shape index (κ2) is 5.83. The maximum absolute atomic E-state index is 12.3. The van der Waals surface area contributed by atoms with Crippen molar-refractivity contribution >= 4 is 32.9 Å². The lowest BCUT2D eigenvalue weighted by Gasteiger charge is -2.19. The van der Waals surface area contributed by atoms with E-state index < -0.39 is 9.84 Å². The van der Waals surface area contributed by atoms with Gasteiger partial charge in [-0.1, -0.05) is 12.1 Å². The van der Waals surface area contributed by atoms with Gasteiger partial charge in [0, 0.05) is 5.69 Å². The summed E-state index contributed by atoms with van der Waals surface area (Å²) in [5, 5.41) is 12.0. The van der Waals surface area contributed by atoms with Gasteiger partial charge in [0.25, 0.3) is 0 Å². The van der Waals surface area contributed by atoms with Crippen LogP contribution in [0.4, 0.5) is 11.5 Å². The number of fused-ring (bicyclic) bond motifs is 1. The number of nitrogens with zero attached hydrogens (tertiary/aromatic N) is 2. The number of aromatic nitrogens is 2. The molecule has 1 aromatic carbocycles. The normalized spacial score (nSPS) is 16.1. The molecule has 0 unspecified atom stereocenters. The van der Waals surface area contributed by atoms with Crippen LogP contribution in [0, 0.1) is 0 Å². The molecule has 1 aliphatic rings. The fourth-order valence-corrected chi connectivity index (χ4v) is 4.22. The summed E-state index contributed by atoms with van der Waals surface area (Å²) in [5.74, 6) is 0.287. The smallest absolute Gasteiger partial charge is 0.224 e. The summed E-state index contributed by atoms with van der Waals surface area (Å²) in [6.45, 7) is -0.0522. The van der Waals surface area contributed by atoms with Gasteiger partial charge < -0.3 is 10.4 Å². The Labute approximate surface area is 133 Å². The quantitative estimate of drug-likeness (QED) is 0.832. The molecule has 0 spiro atoms. The molecule has 6 nitrogen and oxygen atoms in total. The second-order valence-electron chi connectivity index (χ2n) is 5.02. The van der Waals surface area contributed by atoms with Gasteiger partial charge in [-0.05, 0) is 42.1 Å². The molecule has 0 fully saturated rings. The van der Waals surface area contributed by atoms with E-state index in [1.165, 1.54) is 0 Å². The Bertz CT molecular complexity index is 807. The van der Waals surface area contributed by atoms with Crippen molar-refractivity contribution in [2.75, 3.05) is 11.1 Å². The van der Waals surface area contributed by atoms with Gasteiger partial charge in [0.1, 0.15) is 4.90 Å². The van der Waals surface area contributed by atoms with Crippen LogP contribution in [0.3, 0.4) is 0 Å². The molecule has 0 amide bonds. The van der Waals surface area contributed by atoms with Crippen molar-refractivity contribution in [3.63, 3.8) is 0 Å². The number of anilines is 2. The van der Waals surface area contributed by atoms with E-state index in [1.54, 1.807) is 24.3 Å². The Hall–Kier alpha value is -1.70. The highest BCUT2D eigenvalue weighted by Crippen LogP contribution is 2.32. The van der Waals surface area contributed by atoms with Crippen molar-refractivity contribution < 1.29 is 13.5 Å². The average Bonchev–Trinajstić information content (AvgIpc) is 2.46. The fraction of sp³-hybridized carbons (Fsp3) is 0.286. The first kappa shape index (κ1) is 15.2. The maximum Gasteiger partial charge on any atom is 0.224 e. The van der Waals surface area contributed by atoms with E-state index in [-0.39, 0.29) is 28.4 Å². The van der Waals surface area contributed by atoms with E-state index in [0.29, 0.717) is 24.2 Å². The molecule has 22 heavy (non-hydrogen) atoms. The summed E-state index contributed by atoms with van der Waals surface area (Å²) in [7, 11) is -3.41. The van der Waals surface area contributed by atoms with Crippen molar-refractivity contribution in [2.24, 2.45) is 0 Å². The standard InChI is InChI=1S/C14H14ClN3O3S/c15-14-17-11-2-1-7-22(20,21)12(11)13(18-14)16-10-5-3-9(8-19)4-6-10/h3-6,19H,1-2,7-8H2,(H,16,17,18). The highest BCUT2D eigenvalue weighted by molar-refractivity contribution is 7.91. The van der Waals surface area contributed by atoms with Crippen molar-refractivity contribution in [2.45, 2.75) is 24.3 Å². The molecule has 1 aromatic heterocycles. The highest BCUT2D eigenvalue weighted by atomic mass is 35.5. The SMILES string of the molecule is O=S1(=O)CCCc2nc(Cl)nc(Nc3ccc(CO)cc3)c21. The third-order valence-electron chi connectivity index (χ3n) is 3.45. The van der Waals surface area contributed by atoms with Crippen LogP contribution >= 0.6 is 11.6 Å². The molecule has 0 atom stereocenters. The minimum atomic E-state index is -3.41. The Balaban J connectivity index is 2.04. The Morgan fingerprint density at radius 2 is 1.95 bits per heavy atom. The molecule has 3 rings (SSSR count). The van der Waals surface area contributed by atoms with E-state index >= 15 is 0 Å². The lowest BCUT2D eigenvalue weighted by molar-refractivity contribution is 0.282. The summed E-state index contributed by atoms with van der Waals surface area (Å²) in [6.07, 6.45) is 1.10. The van der Waals surface area contributed by atoms with Crippen molar-refractivity contribution in [3.8, 4) is 0 Å². The highest BCUT2D eigenvalue weighted by Gasteiger charge is 2.29. The summed E-state index contributed by atoms with van der Waals surface area (Å²) in [6, 6.07) is 6.96. The van der Waals surface area contributed by atoms with Crippen LogP contribution in [0.25, 0.3) is 0 Å². The number of benzene rings is 1. The summed E-state index contributed by atoms with van der Waals surface area (Å²) >= 11 is 5.90. The molecule has 2 heterocycles. The molecular formula is C14H14ClN3O3S. The number of sulfone groups is 1. The Morgan fingerprint density at radius 1 is 1.23 bits per heavy atom. The predicted molar refractivity (Wildman–Crippen MR) is 83.1 cm³/mol. The first-order valence-electron chi connectivity index (χ1n) is 6.75. The van der Waals surface area contributed by atoms with Crippen LogP contribution in [0.15, 0.2) is 29.2 Å². The van der Waals surface area contributed by atoms with Crippen LogP contribution in [0.5, 0.6) is 0 Å². The van der Waals surface area contributed by atoms with Crippen LogP contribution in [0.1, 0.15) is 17.7 Å². The largest absolute Gasteiger partial charge is 0.392 e. The molecule has 0 bridgehead atoms. The molecule has 0 radical (unpaired) electrons. The minimum Gasteiger partial charge on any atom is -0.392 e. The molecule has 2 aromatic rings. The lowest BCUT2D eigenvalue weighted by Crippen LogP contribution is -2.20. The summed E-state index contributed by atoms with van der Waals surface area (Å²) < 4.78 is 24.6. The zero-order valence-electron chi connectivity index (χ0n) is 11.6. The third-order valence-corrected chi connectivity index (χ3v) is 5.49. The first-order chi connectivity index (χ1) is 10.5. The topological polar surface area (TPSA) is 92.2 Å².